The first-order chi connectivity index (χ1) is 12.1. The molecule has 10 heteroatoms. The first-order valence-electron chi connectivity index (χ1n) is 7.34. The average molecular weight is 393 g/mol. The fourth-order valence-corrected chi connectivity index (χ4v) is 2.50. The normalized spacial score (nSPS) is 11.7. The van der Waals surface area contributed by atoms with Gasteiger partial charge in [0.05, 0.1) is 22.4 Å². The topological polar surface area (TPSA) is 72.0 Å². The van der Waals surface area contributed by atoms with Crippen LogP contribution < -0.4 is 0 Å². The van der Waals surface area contributed by atoms with Crippen LogP contribution in [0.1, 0.15) is 35.5 Å². The number of aldehydes is 1. The number of ether oxygens (including phenoxy) is 1. The van der Waals surface area contributed by atoms with E-state index in [1.165, 1.54) is 0 Å². The second-order valence-electron chi connectivity index (χ2n) is 5.56. The number of halogens is 5. The quantitative estimate of drug-likeness (QED) is 0.470. The highest BCUT2D eigenvalue weighted by Crippen LogP contribution is 2.37. The molecule has 1 aromatic carbocycles. The molecular formula is C16H13ClF4N2O3. The van der Waals surface area contributed by atoms with E-state index in [9.17, 15) is 27.2 Å². The fraction of sp³-hybridized carbons (Fsp3) is 0.312. The van der Waals surface area contributed by atoms with Crippen LogP contribution in [0.4, 0.5) is 17.6 Å². The largest absolute Gasteiger partial charge is 0.459 e. The maximum absolute atomic E-state index is 14.3. The number of aromatic nitrogens is 2. The number of nitrogens with one attached hydrogen (secondary N) is 1. The van der Waals surface area contributed by atoms with Crippen LogP contribution >= 0.6 is 11.6 Å². The molecule has 0 atom stereocenters. The van der Waals surface area contributed by atoms with Gasteiger partial charge in [-0.25, -0.2) is 9.18 Å². The number of carbonyl (C=O) groups excluding carboxylic acids is 2. The lowest BCUT2D eigenvalue weighted by Gasteiger charge is -2.11. The van der Waals surface area contributed by atoms with Crippen LogP contribution in [-0.2, 0) is 22.1 Å². The van der Waals surface area contributed by atoms with Crippen LogP contribution in [0.3, 0.4) is 0 Å². The van der Waals surface area contributed by atoms with E-state index in [2.05, 4.69) is 5.10 Å². The van der Waals surface area contributed by atoms with Crippen molar-refractivity contribution in [3.8, 4) is 11.3 Å². The summed E-state index contributed by atoms with van der Waals surface area (Å²) < 4.78 is 58.4. The number of esters is 1. The molecule has 0 bridgehead atoms. The van der Waals surface area contributed by atoms with Crippen LogP contribution in [-0.4, -0.2) is 28.6 Å². The van der Waals surface area contributed by atoms with Crippen LogP contribution in [0.5, 0.6) is 0 Å². The molecule has 0 aliphatic carbocycles. The summed E-state index contributed by atoms with van der Waals surface area (Å²) in [5.41, 5.74) is -2.87. The zero-order chi connectivity index (χ0) is 19.6. The zero-order valence-corrected chi connectivity index (χ0v) is 14.3. The minimum absolute atomic E-state index is 0.231. The monoisotopic (exact) mass is 392 g/mol. The Morgan fingerprint density at radius 3 is 2.58 bits per heavy atom. The molecule has 0 aliphatic heterocycles. The molecule has 5 nitrogen and oxygen atoms in total. The van der Waals surface area contributed by atoms with Crippen molar-refractivity contribution in [2.45, 2.75) is 32.5 Å². The minimum Gasteiger partial charge on any atom is -0.459 e. The van der Waals surface area contributed by atoms with E-state index in [0.29, 0.717) is 0 Å². The van der Waals surface area contributed by atoms with Gasteiger partial charge in [0.1, 0.15) is 17.8 Å². The van der Waals surface area contributed by atoms with Gasteiger partial charge < -0.3 is 9.53 Å². The van der Waals surface area contributed by atoms with Crippen molar-refractivity contribution in [1.29, 1.82) is 0 Å². The summed E-state index contributed by atoms with van der Waals surface area (Å²) in [5, 5.41) is 4.99. The number of hydrogen-bond acceptors (Lipinski definition) is 4. The SMILES string of the molecule is CC(C)OC(=O)c1cc(-c2n[nH]c(C(F)(F)F)c2CC=O)c(F)cc1Cl. The van der Waals surface area contributed by atoms with Crippen molar-refractivity contribution in [2.24, 2.45) is 0 Å². The third kappa shape index (κ3) is 4.04. The van der Waals surface area contributed by atoms with E-state index in [4.69, 9.17) is 16.3 Å². The molecule has 0 spiro atoms. The van der Waals surface area contributed by atoms with Crippen LogP contribution in [0, 0.1) is 5.82 Å². The van der Waals surface area contributed by atoms with Gasteiger partial charge in [-0.05, 0) is 26.0 Å². The first-order valence-corrected chi connectivity index (χ1v) is 7.72. The van der Waals surface area contributed by atoms with Gasteiger partial charge in [0.15, 0.2) is 0 Å². The van der Waals surface area contributed by atoms with Gasteiger partial charge in [0.2, 0.25) is 0 Å². The smallest absolute Gasteiger partial charge is 0.433 e. The summed E-state index contributed by atoms with van der Waals surface area (Å²) >= 11 is 5.84. The van der Waals surface area contributed by atoms with Crippen molar-refractivity contribution in [2.75, 3.05) is 0 Å². The average Bonchev–Trinajstić information content (AvgIpc) is 2.90. The predicted molar refractivity (Wildman–Crippen MR) is 84.3 cm³/mol. The van der Waals surface area contributed by atoms with Gasteiger partial charge in [-0.2, -0.15) is 18.3 Å². The van der Waals surface area contributed by atoms with E-state index in [1.807, 2.05) is 0 Å². The number of H-pyrrole nitrogens is 1. The number of carbonyl (C=O) groups is 2. The minimum atomic E-state index is -4.81. The lowest BCUT2D eigenvalue weighted by atomic mass is 10.0. The highest BCUT2D eigenvalue weighted by Gasteiger charge is 2.37. The fourth-order valence-electron chi connectivity index (χ4n) is 2.27. The van der Waals surface area contributed by atoms with Crippen LogP contribution in [0.2, 0.25) is 5.02 Å². The lowest BCUT2D eigenvalue weighted by Crippen LogP contribution is -2.12. The summed E-state index contributed by atoms with van der Waals surface area (Å²) in [6, 6.07) is 1.73. The number of alkyl halides is 3. The number of nitrogens with zero attached hydrogens (tertiary/aromatic N) is 1. The van der Waals surface area contributed by atoms with Crippen molar-refractivity contribution in [3.63, 3.8) is 0 Å². The zero-order valence-electron chi connectivity index (χ0n) is 13.6. The summed E-state index contributed by atoms with van der Waals surface area (Å²) in [6.07, 6.45) is -5.70. The van der Waals surface area contributed by atoms with Gasteiger partial charge in [-0.15, -0.1) is 0 Å². The Hall–Kier alpha value is -2.42. The molecule has 26 heavy (non-hydrogen) atoms. The highest BCUT2D eigenvalue weighted by molar-refractivity contribution is 6.33. The van der Waals surface area contributed by atoms with Crippen molar-refractivity contribution in [1.82, 2.24) is 10.2 Å². The molecule has 1 N–H and O–H groups in total. The van der Waals surface area contributed by atoms with E-state index in [-0.39, 0.29) is 16.9 Å². The van der Waals surface area contributed by atoms with Crippen LogP contribution in [0.25, 0.3) is 11.3 Å². The molecule has 0 aliphatic rings. The van der Waals surface area contributed by atoms with Gasteiger partial charge >= 0.3 is 12.1 Å². The summed E-state index contributed by atoms with van der Waals surface area (Å²) in [7, 11) is 0. The predicted octanol–water partition coefficient (Wildman–Crippen LogP) is 4.19. The second-order valence-corrected chi connectivity index (χ2v) is 5.97. The molecule has 0 saturated heterocycles. The Morgan fingerprint density at radius 1 is 1.38 bits per heavy atom. The molecule has 1 heterocycles. The van der Waals surface area contributed by atoms with Gasteiger partial charge in [-0.1, -0.05) is 11.6 Å². The third-order valence-corrected chi connectivity index (χ3v) is 3.63. The molecular weight excluding hydrogens is 380 g/mol. The number of aromatic amines is 1. The second kappa shape index (κ2) is 7.45. The molecule has 0 fully saturated rings. The van der Waals surface area contributed by atoms with E-state index >= 15 is 0 Å². The molecule has 0 unspecified atom stereocenters. The molecule has 140 valence electrons. The van der Waals surface area contributed by atoms with Crippen molar-refractivity contribution < 1.29 is 31.9 Å². The first kappa shape index (κ1) is 19.9. The van der Waals surface area contributed by atoms with E-state index in [1.54, 1.807) is 18.9 Å². The number of rotatable bonds is 5. The molecule has 1 aromatic heterocycles. The maximum Gasteiger partial charge on any atom is 0.433 e. The molecule has 0 radical (unpaired) electrons. The standard InChI is InChI=1S/C16H13ClF4N2O3/c1-7(2)26-15(25)9-5-10(12(18)6-11(9)17)13-8(3-4-24)14(23-22-13)16(19,20)21/h4-7H,3H2,1-2H3,(H,22,23). The summed E-state index contributed by atoms with van der Waals surface area (Å²) in [5.74, 6) is -1.86. The van der Waals surface area contributed by atoms with Crippen molar-refractivity contribution >= 4 is 23.9 Å². The highest BCUT2D eigenvalue weighted by atomic mass is 35.5. The Balaban J connectivity index is 2.64. The van der Waals surface area contributed by atoms with E-state index in [0.717, 1.165) is 12.1 Å². The van der Waals surface area contributed by atoms with E-state index < -0.39 is 53.0 Å². The maximum atomic E-state index is 14.3. The molecule has 2 rings (SSSR count). The lowest BCUT2D eigenvalue weighted by molar-refractivity contribution is -0.141. The van der Waals surface area contributed by atoms with Crippen molar-refractivity contribution in [3.05, 3.63) is 39.8 Å². The molecule has 0 amide bonds. The number of benzene rings is 1. The summed E-state index contributed by atoms with van der Waals surface area (Å²) in [6.45, 7) is 3.17. The van der Waals surface area contributed by atoms with Gasteiger partial charge in [0, 0.05) is 17.5 Å². The Kier molecular flexibility index (Phi) is 5.70. The Morgan fingerprint density at radius 2 is 2.04 bits per heavy atom. The number of hydrogen-bond donors (Lipinski definition) is 1. The Bertz CT molecular complexity index is 847. The van der Waals surface area contributed by atoms with Gasteiger partial charge in [0.25, 0.3) is 0 Å². The molecule has 2 aromatic rings. The van der Waals surface area contributed by atoms with Gasteiger partial charge in [-0.3, -0.25) is 5.10 Å². The third-order valence-electron chi connectivity index (χ3n) is 3.31. The summed E-state index contributed by atoms with van der Waals surface area (Å²) in [4.78, 5) is 22.8. The molecule has 0 saturated carbocycles. The van der Waals surface area contributed by atoms with Crippen LogP contribution in [0.15, 0.2) is 12.1 Å². The Labute approximate surface area is 150 Å².